The van der Waals surface area contributed by atoms with Crippen LogP contribution in [0.4, 0.5) is 0 Å². The number of hydrogen-bond donors (Lipinski definition) is 1. The van der Waals surface area contributed by atoms with Gasteiger partial charge in [-0.3, -0.25) is 4.79 Å². The third kappa shape index (κ3) is 6.27. The molecule has 0 aliphatic carbocycles. The molecule has 0 fully saturated rings. The molecule has 0 heterocycles. The summed E-state index contributed by atoms with van der Waals surface area (Å²) >= 11 is 0. The van der Waals surface area contributed by atoms with Gasteiger partial charge in [-0.15, -0.1) is 0 Å². The van der Waals surface area contributed by atoms with E-state index in [1.165, 1.54) is 6.92 Å². The van der Waals surface area contributed by atoms with E-state index < -0.39 is 5.97 Å². The molecule has 132 valence electrons. The van der Waals surface area contributed by atoms with Crippen LogP contribution in [0, 0.1) is 0 Å². The van der Waals surface area contributed by atoms with Gasteiger partial charge in [-0.05, 0) is 35.4 Å². The molecule has 0 unspecified atom stereocenters. The highest BCUT2D eigenvalue weighted by Gasteiger charge is 2.03. The van der Waals surface area contributed by atoms with E-state index in [9.17, 15) is 9.59 Å². The Balaban J connectivity index is 1.76. The number of carboxylic acids is 1. The van der Waals surface area contributed by atoms with E-state index in [1.54, 1.807) is 24.3 Å². The van der Waals surface area contributed by atoms with E-state index in [4.69, 9.17) is 19.3 Å². The normalized spacial score (nSPS) is 10.3. The predicted molar refractivity (Wildman–Crippen MR) is 91.8 cm³/mol. The van der Waals surface area contributed by atoms with E-state index in [2.05, 4.69) is 0 Å². The van der Waals surface area contributed by atoms with Crippen molar-refractivity contribution < 1.29 is 28.9 Å². The Hall–Kier alpha value is -2.86. The zero-order chi connectivity index (χ0) is 18.1. The number of aromatic carboxylic acids is 1. The summed E-state index contributed by atoms with van der Waals surface area (Å²) in [7, 11) is 0. The SMILES string of the molecule is CC(=O)OCCOCCOc1ccc(-c2ccc(C(=O)O)cc2)cc1. The fourth-order valence-electron chi connectivity index (χ4n) is 2.11. The van der Waals surface area contributed by atoms with Crippen molar-refractivity contribution in [1.29, 1.82) is 0 Å². The zero-order valence-corrected chi connectivity index (χ0v) is 13.9. The lowest BCUT2D eigenvalue weighted by molar-refractivity contribution is -0.142. The van der Waals surface area contributed by atoms with Crippen molar-refractivity contribution in [3.8, 4) is 16.9 Å². The topological polar surface area (TPSA) is 82.1 Å². The van der Waals surface area contributed by atoms with Crippen LogP contribution < -0.4 is 4.74 Å². The molecule has 0 amide bonds. The van der Waals surface area contributed by atoms with Crippen LogP contribution in [0.25, 0.3) is 11.1 Å². The number of rotatable bonds is 9. The fourth-order valence-corrected chi connectivity index (χ4v) is 2.11. The first-order valence-electron chi connectivity index (χ1n) is 7.84. The Bertz CT molecular complexity index is 691. The average molecular weight is 344 g/mol. The largest absolute Gasteiger partial charge is 0.491 e. The lowest BCUT2D eigenvalue weighted by Gasteiger charge is -2.08. The Kier molecular flexibility index (Phi) is 6.98. The molecule has 0 radical (unpaired) electrons. The molecule has 2 aromatic carbocycles. The number of carboxylic acid groups (broad SMARTS) is 1. The van der Waals surface area contributed by atoms with Crippen molar-refractivity contribution in [2.75, 3.05) is 26.4 Å². The van der Waals surface area contributed by atoms with Crippen LogP contribution in [0.3, 0.4) is 0 Å². The van der Waals surface area contributed by atoms with Crippen LogP contribution in [0.1, 0.15) is 17.3 Å². The van der Waals surface area contributed by atoms with Gasteiger partial charge in [-0.2, -0.15) is 0 Å². The van der Waals surface area contributed by atoms with Gasteiger partial charge in [0, 0.05) is 6.92 Å². The molecule has 25 heavy (non-hydrogen) atoms. The Morgan fingerprint density at radius 2 is 1.40 bits per heavy atom. The highest BCUT2D eigenvalue weighted by molar-refractivity contribution is 5.88. The van der Waals surface area contributed by atoms with E-state index in [0.717, 1.165) is 16.9 Å². The third-order valence-electron chi connectivity index (χ3n) is 3.35. The Morgan fingerprint density at radius 3 is 1.96 bits per heavy atom. The molecule has 2 aromatic rings. The van der Waals surface area contributed by atoms with Crippen LogP contribution >= 0.6 is 0 Å². The summed E-state index contributed by atoms with van der Waals surface area (Å²) in [5.74, 6) is -0.544. The predicted octanol–water partition coefficient (Wildman–Crippen LogP) is 3.01. The Morgan fingerprint density at radius 1 is 0.840 bits per heavy atom. The fraction of sp³-hybridized carbons (Fsp3) is 0.263. The summed E-state index contributed by atoms with van der Waals surface area (Å²) in [6.45, 7) is 2.73. The minimum absolute atomic E-state index is 0.241. The number of hydrogen-bond acceptors (Lipinski definition) is 5. The molecule has 6 heteroatoms. The summed E-state index contributed by atoms with van der Waals surface area (Å²) in [5, 5.41) is 8.91. The third-order valence-corrected chi connectivity index (χ3v) is 3.35. The molecular formula is C19H20O6. The van der Waals surface area contributed by atoms with Crippen molar-refractivity contribution in [2.24, 2.45) is 0 Å². The monoisotopic (exact) mass is 344 g/mol. The molecule has 0 atom stereocenters. The van der Waals surface area contributed by atoms with E-state index in [-0.39, 0.29) is 18.1 Å². The summed E-state index contributed by atoms with van der Waals surface area (Å²) in [5.41, 5.74) is 2.17. The van der Waals surface area contributed by atoms with Gasteiger partial charge in [-0.25, -0.2) is 4.79 Å². The Labute approximate surface area is 146 Å². The molecule has 0 aromatic heterocycles. The standard InChI is InChI=1S/C19H20O6/c1-14(20)24-12-10-23-11-13-25-18-8-6-16(7-9-18)15-2-4-17(5-3-15)19(21)22/h2-9H,10-13H2,1H3,(H,21,22). The highest BCUT2D eigenvalue weighted by atomic mass is 16.6. The van der Waals surface area contributed by atoms with E-state index in [0.29, 0.717) is 19.8 Å². The summed E-state index contributed by atoms with van der Waals surface area (Å²) in [6, 6.07) is 14.2. The zero-order valence-electron chi connectivity index (χ0n) is 13.9. The van der Waals surface area contributed by atoms with Gasteiger partial charge in [0.2, 0.25) is 0 Å². The number of carbonyl (C=O) groups is 2. The number of ether oxygens (including phenoxy) is 3. The lowest BCUT2D eigenvalue weighted by atomic mass is 10.0. The van der Waals surface area contributed by atoms with Crippen molar-refractivity contribution >= 4 is 11.9 Å². The molecule has 0 aliphatic heterocycles. The van der Waals surface area contributed by atoms with Crippen molar-refractivity contribution in [3.63, 3.8) is 0 Å². The summed E-state index contributed by atoms with van der Waals surface area (Å²) in [4.78, 5) is 21.4. The summed E-state index contributed by atoms with van der Waals surface area (Å²) in [6.07, 6.45) is 0. The maximum atomic E-state index is 10.9. The second-order valence-corrected chi connectivity index (χ2v) is 5.21. The van der Waals surface area contributed by atoms with Crippen LogP contribution in [-0.4, -0.2) is 43.5 Å². The smallest absolute Gasteiger partial charge is 0.335 e. The molecule has 2 rings (SSSR count). The molecule has 0 saturated heterocycles. The van der Waals surface area contributed by atoms with E-state index >= 15 is 0 Å². The first kappa shape index (κ1) is 18.5. The maximum Gasteiger partial charge on any atom is 0.335 e. The molecule has 6 nitrogen and oxygen atoms in total. The molecule has 0 bridgehead atoms. The van der Waals surface area contributed by atoms with Crippen LogP contribution in [0.5, 0.6) is 5.75 Å². The van der Waals surface area contributed by atoms with Crippen molar-refractivity contribution in [1.82, 2.24) is 0 Å². The molecule has 1 N–H and O–H groups in total. The quantitative estimate of drug-likeness (QED) is 0.556. The number of esters is 1. The van der Waals surface area contributed by atoms with Gasteiger partial charge in [0.05, 0.1) is 18.8 Å². The minimum atomic E-state index is -0.939. The minimum Gasteiger partial charge on any atom is -0.491 e. The van der Waals surface area contributed by atoms with E-state index in [1.807, 2.05) is 24.3 Å². The highest BCUT2D eigenvalue weighted by Crippen LogP contribution is 2.22. The van der Waals surface area contributed by atoms with Gasteiger partial charge >= 0.3 is 11.9 Å². The second-order valence-electron chi connectivity index (χ2n) is 5.21. The number of carbonyl (C=O) groups excluding carboxylic acids is 1. The van der Waals surface area contributed by atoms with Crippen molar-refractivity contribution in [2.45, 2.75) is 6.92 Å². The maximum absolute atomic E-state index is 10.9. The van der Waals surface area contributed by atoms with Gasteiger partial charge in [0.15, 0.2) is 0 Å². The number of benzene rings is 2. The second kappa shape index (κ2) is 9.44. The van der Waals surface area contributed by atoms with Crippen LogP contribution in [0.15, 0.2) is 48.5 Å². The first-order chi connectivity index (χ1) is 12.1. The van der Waals surface area contributed by atoms with Crippen LogP contribution in [-0.2, 0) is 14.3 Å². The molecule has 0 aliphatic rings. The van der Waals surface area contributed by atoms with Crippen molar-refractivity contribution in [3.05, 3.63) is 54.1 Å². The molecule has 0 saturated carbocycles. The van der Waals surface area contributed by atoms with Gasteiger partial charge in [-0.1, -0.05) is 24.3 Å². The van der Waals surface area contributed by atoms with Gasteiger partial charge < -0.3 is 19.3 Å². The molecular weight excluding hydrogens is 324 g/mol. The average Bonchev–Trinajstić information content (AvgIpc) is 2.61. The van der Waals surface area contributed by atoms with Gasteiger partial charge in [0.25, 0.3) is 0 Å². The molecule has 0 spiro atoms. The van der Waals surface area contributed by atoms with Gasteiger partial charge in [0.1, 0.15) is 19.0 Å². The summed E-state index contributed by atoms with van der Waals surface area (Å²) < 4.78 is 15.6. The van der Waals surface area contributed by atoms with Crippen LogP contribution in [0.2, 0.25) is 0 Å². The lowest BCUT2D eigenvalue weighted by Crippen LogP contribution is -2.12. The first-order valence-corrected chi connectivity index (χ1v) is 7.84.